The molecule has 36 heavy (non-hydrogen) atoms. The Morgan fingerprint density at radius 1 is 0.944 bits per heavy atom. The number of aryl methyl sites for hydroxylation is 2. The fourth-order valence-corrected chi connectivity index (χ4v) is 5.84. The SMILES string of the molecule is Cc1ccc2c(-c3nnc(SCCN4CCc5cc6nc(C)oc6cc5CC4)n3C)cccc2n1.Cl. The molecule has 1 aliphatic rings. The lowest BCUT2D eigenvalue weighted by molar-refractivity contribution is 0.306. The molecule has 3 aromatic heterocycles. The third kappa shape index (κ3) is 4.73. The second kappa shape index (κ2) is 10.2. The zero-order chi connectivity index (χ0) is 23.9. The fourth-order valence-electron chi connectivity index (χ4n) is 4.93. The lowest BCUT2D eigenvalue weighted by Crippen LogP contribution is -2.28. The second-order valence-corrected chi connectivity index (χ2v) is 10.3. The first-order valence-corrected chi connectivity index (χ1v) is 13.0. The molecule has 2 aromatic carbocycles. The molecule has 0 fully saturated rings. The number of pyridine rings is 1. The second-order valence-electron chi connectivity index (χ2n) is 9.20. The maximum Gasteiger partial charge on any atom is 0.192 e. The Balaban J connectivity index is 0.00000267. The van der Waals surface area contributed by atoms with Gasteiger partial charge in [-0.1, -0.05) is 30.0 Å². The molecule has 0 saturated heterocycles. The molecule has 0 bridgehead atoms. The zero-order valence-corrected chi connectivity index (χ0v) is 22.3. The van der Waals surface area contributed by atoms with Crippen molar-refractivity contribution in [2.75, 3.05) is 25.4 Å². The highest BCUT2D eigenvalue weighted by atomic mass is 35.5. The number of hydrogen-bond donors (Lipinski definition) is 0. The summed E-state index contributed by atoms with van der Waals surface area (Å²) in [5.74, 6) is 2.59. The minimum Gasteiger partial charge on any atom is -0.441 e. The molecule has 1 aliphatic heterocycles. The fraction of sp³-hybridized carbons (Fsp3) is 0.333. The van der Waals surface area contributed by atoms with Gasteiger partial charge in [0.25, 0.3) is 0 Å². The summed E-state index contributed by atoms with van der Waals surface area (Å²) < 4.78 is 7.84. The van der Waals surface area contributed by atoms with Gasteiger partial charge < -0.3 is 13.9 Å². The Hall–Kier alpha value is -2.94. The van der Waals surface area contributed by atoms with Crippen molar-refractivity contribution in [2.24, 2.45) is 7.05 Å². The Bertz CT molecular complexity index is 1500. The molecular formula is C27H29ClN6OS. The van der Waals surface area contributed by atoms with E-state index in [-0.39, 0.29) is 12.4 Å². The molecule has 5 aromatic rings. The van der Waals surface area contributed by atoms with E-state index in [1.165, 1.54) is 11.1 Å². The summed E-state index contributed by atoms with van der Waals surface area (Å²) in [6, 6.07) is 14.8. The first kappa shape index (κ1) is 24.7. The average molecular weight is 521 g/mol. The molecule has 4 heterocycles. The molecule has 0 amide bonds. The largest absolute Gasteiger partial charge is 0.441 e. The predicted octanol–water partition coefficient (Wildman–Crippen LogP) is 5.40. The van der Waals surface area contributed by atoms with E-state index < -0.39 is 0 Å². The summed E-state index contributed by atoms with van der Waals surface area (Å²) in [4.78, 5) is 11.7. The van der Waals surface area contributed by atoms with Crippen molar-refractivity contribution in [2.45, 2.75) is 31.8 Å². The molecule has 0 atom stereocenters. The number of oxazole rings is 1. The van der Waals surface area contributed by atoms with E-state index in [2.05, 4.69) is 53.9 Å². The third-order valence-corrected chi connectivity index (χ3v) is 7.80. The van der Waals surface area contributed by atoms with Gasteiger partial charge in [0.05, 0.1) is 5.52 Å². The Labute approximate surface area is 220 Å². The van der Waals surface area contributed by atoms with Crippen molar-refractivity contribution in [3.05, 3.63) is 65.2 Å². The maximum atomic E-state index is 5.74. The van der Waals surface area contributed by atoms with E-state index in [0.29, 0.717) is 0 Å². The number of fused-ring (bicyclic) bond motifs is 3. The minimum atomic E-state index is 0. The number of aromatic nitrogens is 5. The van der Waals surface area contributed by atoms with Crippen molar-refractivity contribution in [1.29, 1.82) is 0 Å². The Kier molecular flexibility index (Phi) is 7.01. The van der Waals surface area contributed by atoms with Gasteiger partial charge in [-0.25, -0.2) is 4.98 Å². The van der Waals surface area contributed by atoms with Crippen LogP contribution in [0.2, 0.25) is 0 Å². The molecule has 0 N–H and O–H groups in total. The molecule has 186 valence electrons. The highest BCUT2D eigenvalue weighted by Gasteiger charge is 2.18. The van der Waals surface area contributed by atoms with Gasteiger partial charge in [0.15, 0.2) is 22.5 Å². The topological polar surface area (TPSA) is 72.9 Å². The Morgan fingerprint density at radius 2 is 1.75 bits per heavy atom. The number of nitrogens with zero attached hydrogens (tertiary/aromatic N) is 6. The van der Waals surface area contributed by atoms with Crippen LogP contribution in [0.1, 0.15) is 22.7 Å². The third-order valence-electron chi connectivity index (χ3n) is 6.80. The van der Waals surface area contributed by atoms with E-state index in [9.17, 15) is 0 Å². The van der Waals surface area contributed by atoms with Crippen LogP contribution in [0.15, 0.2) is 52.0 Å². The van der Waals surface area contributed by atoms with Crippen LogP contribution < -0.4 is 0 Å². The van der Waals surface area contributed by atoms with Crippen molar-refractivity contribution in [3.8, 4) is 11.4 Å². The van der Waals surface area contributed by atoms with Gasteiger partial charge >= 0.3 is 0 Å². The van der Waals surface area contributed by atoms with Crippen LogP contribution in [0.3, 0.4) is 0 Å². The van der Waals surface area contributed by atoms with Crippen LogP contribution in [0.4, 0.5) is 0 Å². The van der Waals surface area contributed by atoms with Gasteiger partial charge in [-0.2, -0.15) is 0 Å². The van der Waals surface area contributed by atoms with E-state index >= 15 is 0 Å². The lowest BCUT2D eigenvalue weighted by Gasteiger charge is -2.19. The van der Waals surface area contributed by atoms with E-state index in [4.69, 9.17) is 4.42 Å². The molecule has 0 radical (unpaired) electrons. The molecule has 7 nitrogen and oxygen atoms in total. The Morgan fingerprint density at radius 3 is 2.58 bits per heavy atom. The molecule has 0 aliphatic carbocycles. The monoisotopic (exact) mass is 520 g/mol. The predicted molar refractivity (Wildman–Crippen MR) is 147 cm³/mol. The van der Waals surface area contributed by atoms with Gasteiger partial charge in [-0.3, -0.25) is 4.98 Å². The number of halogens is 1. The molecule has 0 saturated carbocycles. The van der Waals surface area contributed by atoms with Crippen LogP contribution in [-0.2, 0) is 19.9 Å². The van der Waals surface area contributed by atoms with Crippen molar-refractivity contribution in [1.82, 2.24) is 29.6 Å². The van der Waals surface area contributed by atoms with Gasteiger partial charge in [-0.15, -0.1) is 22.6 Å². The average Bonchev–Trinajstić information content (AvgIpc) is 3.32. The summed E-state index contributed by atoms with van der Waals surface area (Å²) in [5, 5.41) is 11.1. The van der Waals surface area contributed by atoms with Crippen LogP contribution >= 0.6 is 24.2 Å². The van der Waals surface area contributed by atoms with Gasteiger partial charge in [-0.05, 0) is 55.2 Å². The normalized spacial score (nSPS) is 14.1. The van der Waals surface area contributed by atoms with Crippen LogP contribution in [0, 0.1) is 13.8 Å². The molecule has 6 rings (SSSR count). The highest BCUT2D eigenvalue weighted by molar-refractivity contribution is 7.99. The molecule has 0 unspecified atom stereocenters. The van der Waals surface area contributed by atoms with Crippen molar-refractivity contribution < 1.29 is 4.42 Å². The zero-order valence-electron chi connectivity index (χ0n) is 20.7. The van der Waals surface area contributed by atoms with E-state index in [1.807, 2.05) is 39.1 Å². The first-order chi connectivity index (χ1) is 17.0. The summed E-state index contributed by atoms with van der Waals surface area (Å²) >= 11 is 1.77. The van der Waals surface area contributed by atoms with Crippen LogP contribution in [-0.4, -0.2) is 55.0 Å². The number of benzene rings is 2. The lowest BCUT2D eigenvalue weighted by atomic mass is 10.0. The molecular weight excluding hydrogens is 492 g/mol. The smallest absolute Gasteiger partial charge is 0.192 e. The number of hydrogen-bond acceptors (Lipinski definition) is 7. The van der Waals surface area contributed by atoms with Crippen LogP contribution in [0.25, 0.3) is 33.4 Å². The van der Waals surface area contributed by atoms with Crippen molar-refractivity contribution >= 4 is 46.2 Å². The van der Waals surface area contributed by atoms with Gasteiger partial charge in [0.1, 0.15) is 5.52 Å². The van der Waals surface area contributed by atoms with Crippen molar-refractivity contribution in [3.63, 3.8) is 0 Å². The summed E-state index contributed by atoms with van der Waals surface area (Å²) in [6.07, 6.45) is 2.09. The maximum absolute atomic E-state index is 5.74. The standard InChI is InChI=1S/C27H28N6OS.ClH/c1-17-7-8-21-22(5-4-6-23(21)28-17)26-30-31-27(32(26)3)35-14-13-33-11-9-19-15-24-25(34-18(2)29-24)16-20(19)10-12-33;/h4-8,15-16H,9-14H2,1-3H3;1H. The summed E-state index contributed by atoms with van der Waals surface area (Å²) in [5.41, 5.74) is 7.74. The molecule has 0 spiro atoms. The minimum absolute atomic E-state index is 0. The summed E-state index contributed by atoms with van der Waals surface area (Å²) in [6.45, 7) is 7.06. The van der Waals surface area contributed by atoms with Crippen LogP contribution in [0.5, 0.6) is 0 Å². The number of thioether (sulfide) groups is 1. The van der Waals surface area contributed by atoms with Gasteiger partial charge in [0, 0.05) is 56.0 Å². The number of rotatable bonds is 5. The first-order valence-electron chi connectivity index (χ1n) is 12.1. The van der Waals surface area contributed by atoms with E-state index in [0.717, 1.165) is 88.4 Å². The van der Waals surface area contributed by atoms with E-state index in [1.54, 1.807) is 11.8 Å². The summed E-state index contributed by atoms with van der Waals surface area (Å²) in [7, 11) is 2.05. The highest BCUT2D eigenvalue weighted by Crippen LogP contribution is 2.29. The quantitative estimate of drug-likeness (QED) is 0.287. The molecule has 9 heteroatoms. The van der Waals surface area contributed by atoms with Gasteiger partial charge in [0.2, 0.25) is 0 Å².